The zero-order chi connectivity index (χ0) is 21.1. The first-order valence-electron chi connectivity index (χ1n) is 10.6. The van der Waals surface area contributed by atoms with Crippen LogP contribution < -0.4 is 10.9 Å². The predicted molar refractivity (Wildman–Crippen MR) is 120 cm³/mol. The molecule has 1 saturated heterocycles. The summed E-state index contributed by atoms with van der Waals surface area (Å²) in [6.07, 6.45) is 3.77. The zero-order valence-electron chi connectivity index (χ0n) is 17.6. The van der Waals surface area contributed by atoms with E-state index in [9.17, 15) is 9.59 Å². The molecule has 30 heavy (non-hydrogen) atoms. The van der Waals surface area contributed by atoms with Crippen molar-refractivity contribution in [2.75, 3.05) is 19.6 Å². The molecule has 2 heterocycles. The van der Waals surface area contributed by atoms with Crippen LogP contribution in [-0.4, -0.2) is 46.0 Å². The van der Waals surface area contributed by atoms with E-state index in [1.54, 1.807) is 35.9 Å². The van der Waals surface area contributed by atoms with Crippen LogP contribution in [0, 0.1) is 0 Å². The van der Waals surface area contributed by atoms with E-state index in [-0.39, 0.29) is 11.5 Å². The summed E-state index contributed by atoms with van der Waals surface area (Å²) in [5, 5.41) is 3.01. The molecule has 1 atom stereocenters. The largest absolute Gasteiger partial charge is 0.351 e. The van der Waals surface area contributed by atoms with Crippen LogP contribution in [0.4, 0.5) is 0 Å². The number of hydrogen-bond acceptors (Lipinski definition) is 4. The summed E-state index contributed by atoms with van der Waals surface area (Å²) in [6.45, 7) is 4.88. The maximum Gasteiger partial charge on any atom is 0.277 e. The summed E-state index contributed by atoms with van der Waals surface area (Å²) in [4.78, 5) is 32.2. The van der Waals surface area contributed by atoms with E-state index in [0.29, 0.717) is 29.4 Å². The van der Waals surface area contributed by atoms with Crippen LogP contribution in [0.3, 0.4) is 0 Å². The number of aromatic nitrogens is 2. The second kappa shape index (κ2) is 8.79. The van der Waals surface area contributed by atoms with Crippen molar-refractivity contribution in [3.05, 3.63) is 64.4 Å². The van der Waals surface area contributed by atoms with Crippen molar-refractivity contribution < 1.29 is 4.79 Å². The summed E-state index contributed by atoms with van der Waals surface area (Å²) in [6, 6.07) is 15.3. The lowest BCUT2D eigenvalue weighted by Crippen LogP contribution is -2.42. The number of carbonyl (C=O) groups is 1. The van der Waals surface area contributed by atoms with E-state index >= 15 is 0 Å². The van der Waals surface area contributed by atoms with Gasteiger partial charge in [-0.3, -0.25) is 14.5 Å². The molecule has 1 aromatic heterocycles. The summed E-state index contributed by atoms with van der Waals surface area (Å²) in [7, 11) is 1.75. The molecule has 1 N–H and O–H groups in total. The SMILES string of the molecule is CC1CCCCN1CCNC(=O)c1ccc(-c2nc3ccccc3n(C)c2=O)cc1. The highest BCUT2D eigenvalue weighted by Crippen LogP contribution is 2.18. The fourth-order valence-electron chi connectivity index (χ4n) is 4.15. The molecule has 156 valence electrons. The molecule has 4 rings (SSSR count). The van der Waals surface area contributed by atoms with Crippen molar-refractivity contribution in [1.29, 1.82) is 0 Å². The third-order valence-electron chi connectivity index (χ3n) is 6.03. The summed E-state index contributed by atoms with van der Waals surface area (Å²) < 4.78 is 1.61. The number of fused-ring (bicyclic) bond motifs is 1. The molecule has 1 fully saturated rings. The molecule has 1 unspecified atom stereocenters. The molecule has 0 spiro atoms. The van der Waals surface area contributed by atoms with Gasteiger partial charge in [-0.25, -0.2) is 4.98 Å². The van der Waals surface area contributed by atoms with Gasteiger partial charge in [0.15, 0.2) is 0 Å². The molecule has 0 bridgehead atoms. The average molecular weight is 405 g/mol. The zero-order valence-corrected chi connectivity index (χ0v) is 17.6. The second-order valence-electron chi connectivity index (χ2n) is 8.03. The van der Waals surface area contributed by atoms with Gasteiger partial charge in [0.2, 0.25) is 0 Å². The number of likely N-dealkylation sites (tertiary alicyclic amines) is 1. The van der Waals surface area contributed by atoms with Gasteiger partial charge in [-0.1, -0.05) is 30.7 Å². The Hall–Kier alpha value is -2.99. The van der Waals surface area contributed by atoms with Crippen LogP contribution in [0.25, 0.3) is 22.3 Å². The minimum absolute atomic E-state index is 0.0921. The van der Waals surface area contributed by atoms with Crippen molar-refractivity contribution in [1.82, 2.24) is 19.8 Å². The van der Waals surface area contributed by atoms with Crippen molar-refractivity contribution in [3.63, 3.8) is 0 Å². The predicted octanol–water partition coefficient (Wildman–Crippen LogP) is 3.20. The van der Waals surface area contributed by atoms with Gasteiger partial charge in [0, 0.05) is 37.3 Å². The van der Waals surface area contributed by atoms with Crippen molar-refractivity contribution in [2.45, 2.75) is 32.2 Å². The van der Waals surface area contributed by atoms with Gasteiger partial charge >= 0.3 is 0 Å². The summed E-state index contributed by atoms with van der Waals surface area (Å²) in [5.41, 5.74) is 3.10. The van der Waals surface area contributed by atoms with Crippen molar-refractivity contribution >= 4 is 16.9 Å². The van der Waals surface area contributed by atoms with Crippen LogP contribution in [0.2, 0.25) is 0 Å². The number of piperidine rings is 1. The number of para-hydroxylation sites is 2. The monoisotopic (exact) mass is 404 g/mol. The average Bonchev–Trinajstić information content (AvgIpc) is 2.77. The molecular formula is C24H28N4O2. The highest BCUT2D eigenvalue weighted by molar-refractivity contribution is 5.94. The highest BCUT2D eigenvalue weighted by atomic mass is 16.1. The Bertz CT molecular complexity index is 1100. The highest BCUT2D eigenvalue weighted by Gasteiger charge is 2.18. The van der Waals surface area contributed by atoms with E-state index in [2.05, 4.69) is 22.1 Å². The molecule has 6 nitrogen and oxygen atoms in total. The molecule has 0 aliphatic carbocycles. The van der Waals surface area contributed by atoms with E-state index < -0.39 is 0 Å². The van der Waals surface area contributed by atoms with Gasteiger partial charge in [-0.15, -0.1) is 0 Å². The Morgan fingerprint density at radius 1 is 1.13 bits per heavy atom. The minimum Gasteiger partial charge on any atom is -0.351 e. The summed E-state index contributed by atoms with van der Waals surface area (Å²) in [5.74, 6) is -0.0921. The van der Waals surface area contributed by atoms with Gasteiger partial charge in [0.1, 0.15) is 5.69 Å². The van der Waals surface area contributed by atoms with Crippen LogP contribution in [0.15, 0.2) is 53.3 Å². The van der Waals surface area contributed by atoms with Gasteiger partial charge in [0.05, 0.1) is 11.0 Å². The molecule has 0 radical (unpaired) electrons. The van der Waals surface area contributed by atoms with Gasteiger partial charge < -0.3 is 9.88 Å². The lowest BCUT2D eigenvalue weighted by Gasteiger charge is -2.33. The van der Waals surface area contributed by atoms with E-state index in [4.69, 9.17) is 0 Å². The van der Waals surface area contributed by atoms with E-state index in [1.165, 1.54) is 19.3 Å². The van der Waals surface area contributed by atoms with Gasteiger partial charge in [0.25, 0.3) is 11.5 Å². The lowest BCUT2D eigenvalue weighted by atomic mass is 10.0. The molecule has 1 aliphatic rings. The van der Waals surface area contributed by atoms with E-state index in [1.807, 2.05) is 24.3 Å². The fraction of sp³-hybridized carbons (Fsp3) is 0.375. The molecule has 0 saturated carbocycles. The normalized spacial score (nSPS) is 17.2. The maximum absolute atomic E-state index is 12.7. The Morgan fingerprint density at radius 3 is 2.67 bits per heavy atom. The number of hydrogen-bond donors (Lipinski definition) is 1. The fourth-order valence-corrected chi connectivity index (χ4v) is 4.15. The molecular weight excluding hydrogens is 376 g/mol. The van der Waals surface area contributed by atoms with Gasteiger partial charge in [-0.05, 0) is 50.6 Å². The number of nitrogens with zero attached hydrogens (tertiary/aromatic N) is 3. The number of amides is 1. The van der Waals surface area contributed by atoms with Crippen LogP contribution in [-0.2, 0) is 7.05 Å². The van der Waals surface area contributed by atoms with Crippen molar-refractivity contribution in [2.24, 2.45) is 7.05 Å². The molecule has 6 heteroatoms. The lowest BCUT2D eigenvalue weighted by molar-refractivity contribution is 0.0938. The minimum atomic E-state index is -0.151. The number of rotatable bonds is 5. The van der Waals surface area contributed by atoms with E-state index in [0.717, 1.165) is 24.1 Å². The number of carbonyl (C=O) groups excluding carboxylic acids is 1. The molecule has 2 aromatic carbocycles. The second-order valence-corrected chi connectivity index (χ2v) is 8.03. The molecule has 3 aromatic rings. The molecule has 1 aliphatic heterocycles. The number of aryl methyl sites for hydroxylation is 1. The standard InChI is InChI=1S/C24H28N4O2/c1-17-7-5-6-15-28(17)16-14-25-23(29)19-12-10-18(11-13-19)22-24(30)27(2)21-9-4-3-8-20(21)26-22/h3-4,8-13,17H,5-7,14-16H2,1-2H3,(H,25,29). The number of nitrogens with one attached hydrogen (secondary N) is 1. The molecule has 1 amide bonds. The third kappa shape index (κ3) is 4.14. The first-order chi connectivity index (χ1) is 14.5. The topological polar surface area (TPSA) is 67.2 Å². The van der Waals surface area contributed by atoms with Gasteiger partial charge in [-0.2, -0.15) is 0 Å². The quantitative estimate of drug-likeness (QED) is 0.709. The first-order valence-corrected chi connectivity index (χ1v) is 10.6. The van der Waals surface area contributed by atoms with Crippen LogP contribution >= 0.6 is 0 Å². The Morgan fingerprint density at radius 2 is 1.90 bits per heavy atom. The summed E-state index contributed by atoms with van der Waals surface area (Å²) >= 11 is 0. The maximum atomic E-state index is 12.7. The van der Waals surface area contributed by atoms with Crippen molar-refractivity contribution in [3.8, 4) is 11.3 Å². The Labute approximate surface area is 176 Å². The Kier molecular flexibility index (Phi) is 5.95. The van der Waals surface area contributed by atoms with Crippen LogP contribution in [0.5, 0.6) is 0 Å². The smallest absolute Gasteiger partial charge is 0.277 e. The first kappa shape index (κ1) is 20.3. The third-order valence-corrected chi connectivity index (χ3v) is 6.03. The Balaban J connectivity index is 1.45. The van der Waals surface area contributed by atoms with Crippen LogP contribution in [0.1, 0.15) is 36.5 Å². The number of benzene rings is 2.